The lowest BCUT2D eigenvalue weighted by molar-refractivity contribution is 0.00578. The number of carbonyl (C=O) groups excluding carboxylic acids is 4. The van der Waals surface area contributed by atoms with E-state index in [0.717, 1.165) is 38.5 Å². The van der Waals surface area contributed by atoms with E-state index in [0.29, 0.717) is 38.3 Å². The molecule has 4 aromatic rings. The topological polar surface area (TPSA) is 265 Å². The highest BCUT2D eigenvalue weighted by atomic mass is 79.9. The van der Waals surface area contributed by atoms with Crippen molar-refractivity contribution in [2.45, 2.75) is 96.9 Å². The summed E-state index contributed by atoms with van der Waals surface area (Å²) >= 11 is 3.33. The number of hydrogen-bond acceptors (Lipinski definition) is 14. The molecule has 3 aliphatic rings. The molecule has 2 aliphatic carbocycles. The van der Waals surface area contributed by atoms with Crippen molar-refractivity contribution < 1.29 is 38.0 Å². The van der Waals surface area contributed by atoms with E-state index in [1.807, 2.05) is 27.7 Å². The second kappa shape index (κ2) is 19.4. The molecule has 2 unspecified atom stereocenters. The van der Waals surface area contributed by atoms with Gasteiger partial charge in [0, 0.05) is 28.2 Å². The quantitative estimate of drug-likeness (QED) is 0.0931. The van der Waals surface area contributed by atoms with Gasteiger partial charge in [-0.15, -0.1) is 0 Å². The number of hydrogen-bond donors (Lipinski definition) is 4. The van der Waals surface area contributed by atoms with E-state index in [-0.39, 0.29) is 48.3 Å². The maximum absolute atomic E-state index is 12.5. The van der Waals surface area contributed by atoms with Gasteiger partial charge in [0.05, 0.1) is 72.6 Å². The van der Waals surface area contributed by atoms with Crippen LogP contribution >= 0.6 is 15.9 Å². The van der Waals surface area contributed by atoms with Crippen LogP contribution in [0.3, 0.4) is 0 Å². The number of aromatic nitrogens is 4. The molecule has 0 spiro atoms. The van der Waals surface area contributed by atoms with Gasteiger partial charge in [-0.3, -0.25) is 19.0 Å². The summed E-state index contributed by atoms with van der Waals surface area (Å²) in [7, 11) is 1.81. The van der Waals surface area contributed by atoms with Crippen molar-refractivity contribution in [3.05, 3.63) is 75.5 Å². The van der Waals surface area contributed by atoms with Crippen LogP contribution in [0.5, 0.6) is 0 Å². The van der Waals surface area contributed by atoms with Crippen molar-refractivity contribution in [2.24, 2.45) is 23.3 Å². The number of benzene rings is 2. The summed E-state index contributed by atoms with van der Waals surface area (Å²) in [6, 6.07) is 14.4. The van der Waals surface area contributed by atoms with E-state index >= 15 is 0 Å². The highest BCUT2D eigenvalue weighted by Crippen LogP contribution is 2.39. The summed E-state index contributed by atoms with van der Waals surface area (Å²) in [4.78, 5) is 48.1. The first-order chi connectivity index (χ1) is 29.4. The summed E-state index contributed by atoms with van der Waals surface area (Å²) < 4.78 is 25.9. The first kappa shape index (κ1) is 47.8. The number of carbonyl (C=O) groups is 4. The molecule has 2 saturated carbocycles. The minimum Gasteiger partial charge on any atom is -0.465 e. The fraction of sp³-hybridized carbons (Fsp3) is 0.442. The van der Waals surface area contributed by atoms with E-state index in [2.05, 4.69) is 48.9 Å². The van der Waals surface area contributed by atoms with Crippen molar-refractivity contribution >= 4 is 75.3 Å². The molecule has 2 amide bonds. The molecule has 20 heteroatoms. The zero-order chi connectivity index (χ0) is 45.1. The van der Waals surface area contributed by atoms with Crippen LogP contribution in [0.1, 0.15) is 127 Å². The molecule has 3 fully saturated rings. The van der Waals surface area contributed by atoms with E-state index in [9.17, 15) is 29.7 Å². The number of halogens is 1. The normalized spacial score (nSPS) is 20.6. The maximum Gasteiger partial charge on any atom is 0.495 e. The van der Waals surface area contributed by atoms with Gasteiger partial charge in [0.2, 0.25) is 0 Å². The van der Waals surface area contributed by atoms with Gasteiger partial charge >= 0.3 is 19.1 Å². The summed E-state index contributed by atoms with van der Waals surface area (Å²) in [5.41, 5.74) is 12.7. The van der Waals surface area contributed by atoms with Crippen LogP contribution in [0.2, 0.25) is 0 Å². The van der Waals surface area contributed by atoms with Gasteiger partial charge in [0.25, 0.3) is 11.8 Å². The third-order valence-electron chi connectivity index (χ3n) is 11.8. The smallest absolute Gasteiger partial charge is 0.465 e. The molecule has 332 valence electrons. The summed E-state index contributed by atoms with van der Waals surface area (Å²) in [6.07, 6.45) is 8.28. The second-order valence-electron chi connectivity index (χ2n) is 16.3. The molecule has 2 aromatic carbocycles. The minimum absolute atomic E-state index is 0. The number of amides is 2. The Hall–Kier alpha value is -6.22. The Bertz CT molecular complexity index is 2460. The number of primary amides is 2. The molecule has 3 heterocycles. The Balaban J connectivity index is 0.000000242. The predicted octanol–water partition coefficient (Wildman–Crippen LogP) is 6.45. The van der Waals surface area contributed by atoms with E-state index < -0.39 is 42.1 Å². The first-order valence-electron chi connectivity index (χ1n) is 20.0. The van der Waals surface area contributed by atoms with Crippen LogP contribution in [0.15, 0.2) is 53.3 Å². The number of rotatable bonds is 11. The van der Waals surface area contributed by atoms with Gasteiger partial charge in [0.15, 0.2) is 11.6 Å². The SMILES string of the molecule is C.COC(=O)c1ccc(Nc2nn(C3CCC[C@@H]3C#N)cc2C(N)=O)cc1B1OC(C)(C)C(C)(C)O1.COC(=O)c1ccc(Nc2nn(C3CCC[C@@H]3C#N)cc2C(N)=O)cc1Br. The lowest BCUT2D eigenvalue weighted by Crippen LogP contribution is -2.41. The molecule has 1 saturated heterocycles. The number of nitriles is 2. The molecule has 1 aliphatic heterocycles. The fourth-order valence-corrected chi connectivity index (χ4v) is 8.27. The third-order valence-corrected chi connectivity index (χ3v) is 12.5. The Morgan fingerprint density at radius 1 is 0.746 bits per heavy atom. The Morgan fingerprint density at radius 3 is 1.59 bits per heavy atom. The first-order valence-corrected chi connectivity index (χ1v) is 20.8. The fourth-order valence-electron chi connectivity index (χ4n) is 7.73. The largest absolute Gasteiger partial charge is 0.495 e. The minimum atomic E-state index is -0.807. The number of nitrogens with two attached hydrogens (primary N) is 2. The van der Waals surface area contributed by atoms with Crippen molar-refractivity contribution in [1.82, 2.24) is 19.6 Å². The molecule has 6 N–H and O–H groups in total. The summed E-state index contributed by atoms with van der Waals surface area (Å²) in [5, 5.41) is 34.0. The highest BCUT2D eigenvalue weighted by Gasteiger charge is 2.52. The Kier molecular flexibility index (Phi) is 14.8. The van der Waals surface area contributed by atoms with Crippen molar-refractivity contribution in [3.63, 3.8) is 0 Å². The molecule has 7 rings (SSSR count). The van der Waals surface area contributed by atoms with E-state index in [1.165, 1.54) is 14.2 Å². The molecule has 63 heavy (non-hydrogen) atoms. The van der Waals surface area contributed by atoms with E-state index in [1.54, 1.807) is 58.2 Å². The zero-order valence-electron chi connectivity index (χ0n) is 35.2. The van der Waals surface area contributed by atoms with Crippen LogP contribution < -0.4 is 27.6 Å². The second-order valence-corrected chi connectivity index (χ2v) is 17.1. The Labute approximate surface area is 374 Å². The zero-order valence-corrected chi connectivity index (χ0v) is 36.8. The van der Waals surface area contributed by atoms with Gasteiger partial charge in [-0.2, -0.15) is 20.7 Å². The van der Waals surface area contributed by atoms with Crippen molar-refractivity contribution in [2.75, 3.05) is 24.9 Å². The lowest BCUT2D eigenvalue weighted by Gasteiger charge is -2.32. The predicted molar refractivity (Wildman–Crippen MR) is 238 cm³/mol. The van der Waals surface area contributed by atoms with Crippen LogP contribution in [0, 0.1) is 34.5 Å². The Morgan fingerprint density at radius 2 is 1.17 bits per heavy atom. The molecule has 18 nitrogen and oxygen atoms in total. The number of nitrogens with one attached hydrogen (secondary N) is 2. The van der Waals surface area contributed by atoms with Crippen molar-refractivity contribution in [1.29, 1.82) is 10.5 Å². The number of methoxy groups -OCH3 is 2. The molecular weight excluding hydrogens is 875 g/mol. The highest BCUT2D eigenvalue weighted by molar-refractivity contribution is 9.10. The van der Waals surface area contributed by atoms with Crippen LogP contribution in [-0.2, 0) is 18.8 Å². The average molecular weight is 928 g/mol. The molecule has 0 radical (unpaired) electrons. The van der Waals surface area contributed by atoms with Gasteiger partial charge in [0.1, 0.15) is 11.1 Å². The number of nitrogens with zero attached hydrogens (tertiary/aromatic N) is 6. The number of ether oxygens (including phenoxy) is 2. The van der Waals surface area contributed by atoms with Gasteiger partial charge in [-0.05, 0) is 124 Å². The van der Waals surface area contributed by atoms with Crippen molar-refractivity contribution in [3.8, 4) is 12.1 Å². The monoisotopic (exact) mass is 926 g/mol. The van der Waals surface area contributed by atoms with Crippen LogP contribution in [0.25, 0.3) is 0 Å². The molecule has 2 aromatic heterocycles. The average Bonchev–Trinajstić information content (AvgIpc) is 4.08. The van der Waals surface area contributed by atoms with Gasteiger partial charge in [-0.25, -0.2) is 9.59 Å². The van der Waals surface area contributed by atoms with Crippen LogP contribution in [0.4, 0.5) is 23.0 Å². The van der Waals surface area contributed by atoms with Gasteiger partial charge < -0.3 is 40.9 Å². The number of esters is 2. The lowest BCUT2D eigenvalue weighted by atomic mass is 9.75. The summed E-state index contributed by atoms with van der Waals surface area (Å²) in [6.45, 7) is 7.71. The molecular formula is C43H52BBrN10O8. The van der Waals surface area contributed by atoms with Gasteiger partial charge in [-0.1, -0.05) is 7.43 Å². The number of anilines is 4. The molecule has 4 atom stereocenters. The summed E-state index contributed by atoms with van der Waals surface area (Å²) in [5.74, 6) is -1.95. The standard InChI is InChI=1S/C24H30BN5O5.C18H18BrN5O3.CH4/c1-23(2)24(3,4)35-25(34-23)18-11-15(9-10-16(18)22(32)33-5)28-21-17(20(27)31)13-30(29-21)19-8-6-7-14(19)12-26;1-27-18(26)12-6-5-11(7-14(12)19)22-17-13(16(21)25)9-24(23-17)15-4-2-3-10(15)8-20;/h9-11,13-14,19H,6-8H2,1-5H3,(H2,27,31)(H,28,29);5-7,9-10,15H,2-4H2,1H3,(H2,21,25)(H,22,23);1H4/t14-,19?;10-,15?;/m11./s1. The maximum atomic E-state index is 12.5. The van der Waals surface area contributed by atoms with E-state index in [4.69, 9.17) is 30.2 Å². The van der Waals surface area contributed by atoms with Crippen LogP contribution in [-0.4, -0.2) is 75.9 Å². The third kappa shape index (κ3) is 10.0. The molecule has 0 bridgehead atoms.